The molecule has 0 atom stereocenters. The van der Waals surface area contributed by atoms with Crippen molar-refractivity contribution in [3.63, 3.8) is 0 Å². The summed E-state index contributed by atoms with van der Waals surface area (Å²) in [5.74, 6) is 2.66. The van der Waals surface area contributed by atoms with Gasteiger partial charge in [0.25, 0.3) is 0 Å². The largest absolute Gasteiger partial charge is 0.467 e. The summed E-state index contributed by atoms with van der Waals surface area (Å²) in [5, 5.41) is 15.1. The van der Waals surface area contributed by atoms with E-state index in [-0.39, 0.29) is 5.54 Å². The van der Waals surface area contributed by atoms with Gasteiger partial charge in [-0.15, -0.1) is 10.2 Å². The lowest BCUT2D eigenvalue weighted by atomic mass is 9.98. The lowest BCUT2D eigenvalue weighted by Gasteiger charge is -2.41. The van der Waals surface area contributed by atoms with E-state index in [1.807, 2.05) is 12.1 Å². The fourth-order valence-electron chi connectivity index (χ4n) is 3.68. The van der Waals surface area contributed by atoms with E-state index in [1.165, 1.54) is 32.4 Å². The fraction of sp³-hybridized carbons (Fsp3) is 0.667. The summed E-state index contributed by atoms with van der Waals surface area (Å²) < 4.78 is 7.50. The molecule has 1 aliphatic heterocycles. The van der Waals surface area contributed by atoms with Crippen LogP contribution in [0.2, 0.25) is 0 Å². The van der Waals surface area contributed by atoms with Gasteiger partial charge in [-0.25, -0.2) is 4.99 Å². The average molecular weight is 402 g/mol. The van der Waals surface area contributed by atoms with Crippen LogP contribution in [0.3, 0.4) is 0 Å². The maximum absolute atomic E-state index is 5.43. The molecule has 2 N–H and O–H groups in total. The Morgan fingerprint density at radius 1 is 1.24 bits per heavy atom. The van der Waals surface area contributed by atoms with E-state index in [0.29, 0.717) is 6.54 Å². The van der Waals surface area contributed by atoms with Gasteiger partial charge in [-0.2, -0.15) is 0 Å². The summed E-state index contributed by atoms with van der Waals surface area (Å²) >= 11 is 0. The second-order valence-corrected chi connectivity index (χ2v) is 8.18. The highest BCUT2D eigenvalue weighted by Crippen LogP contribution is 2.19. The van der Waals surface area contributed by atoms with Crippen LogP contribution < -0.4 is 10.6 Å². The molecule has 0 bridgehead atoms. The second kappa shape index (κ2) is 10.4. The van der Waals surface area contributed by atoms with E-state index in [1.54, 1.807) is 12.6 Å². The SMILES string of the molecule is CCc1nncn1CCNC(=NCc1ccco1)NCC(C)(C)N1CCCCC1. The van der Waals surface area contributed by atoms with Crippen molar-refractivity contribution in [2.75, 3.05) is 26.2 Å². The summed E-state index contributed by atoms with van der Waals surface area (Å²) in [6.45, 7) is 12.0. The minimum atomic E-state index is 0.0806. The Labute approximate surface area is 173 Å². The van der Waals surface area contributed by atoms with Crippen molar-refractivity contribution in [2.24, 2.45) is 4.99 Å². The molecule has 0 saturated carbocycles. The molecule has 0 aromatic carbocycles. The first-order valence-electron chi connectivity index (χ1n) is 10.7. The molecule has 1 fully saturated rings. The van der Waals surface area contributed by atoms with Gasteiger partial charge in [0.15, 0.2) is 5.96 Å². The molecule has 2 aromatic heterocycles. The van der Waals surface area contributed by atoms with Crippen molar-refractivity contribution >= 4 is 5.96 Å². The lowest BCUT2D eigenvalue weighted by Crippen LogP contribution is -2.55. The zero-order valence-corrected chi connectivity index (χ0v) is 18.0. The number of furan rings is 1. The summed E-state index contributed by atoms with van der Waals surface area (Å²) in [5.41, 5.74) is 0.0806. The Balaban J connectivity index is 1.57. The van der Waals surface area contributed by atoms with Crippen molar-refractivity contribution in [1.29, 1.82) is 0 Å². The molecular formula is C21H35N7O. The van der Waals surface area contributed by atoms with Crippen LogP contribution in [0, 0.1) is 0 Å². The molecule has 0 radical (unpaired) electrons. The van der Waals surface area contributed by atoms with Crippen molar-refractivity contribution in [1.82, 2.24) is 30.3 Å². The Morgan fingerprint density at radius 3 is 2.79 bits per heavy atom. The molecule has 0 amide bonds. The smallest absolute Gasteiger partial charge is 0.191 e. The third-order valence-electron chi connectivity index (χ3n) is 5.53. The molecule has 2 aromatic rings. The number of aliphatic imine (C=N–C) groups is 1. The predicted octanol–water partition coefficient (Wildman–Crippen LogP) is 2.43. The van der Waals surface area contributed by atoms with Crippen LogP contribution in [0.5, 0.6) is 0 Å². The number of guanidine groups is 1. The average Bonchev–Trinajstić information content (AvgIpc) is 3.42. The lowest BCUT2D eigenvalue weighted by molar-refractivity contribution is 0.0982. The molecule has 0 unspecified atom stereocenters. The number of likely N-dealkylation sites (tertiary alicyclic amines) is 1. The van der Waals surface area contributed by atoms with Crippen molar-refractivity contribution in [2.45, 2.75) is 65.1 Å². The number of nitrogens with zero attached hydrogens (tertiary/aromatic N) is 5. The highest BCUT2D eigenvalue weighted by molar-refractivity contribution is 5.79. The van der Waals surface area contributed by atoms with Gasteiger partial charge in [0.2, 0.25) is 0 Å². The normalized spacial score (nSPS) is 16.2. The topological polar surface area (TPSA) is 83.5 Å². The quantitative estimate of drug-likeness (QED) is 0.496. The zero-order chi connectivity index (χ0) is 20.5. The van der Waals surface area contributed by atoms with Crippen molar-refractivity contribution < 1.29 is 4.42 Å². The summed E-state index contributed by atoms with van der Waals surface area (Å²) in [6.07, 6.45) is 8.28. The van der Waals surface area contributed by atoms with Gasteiger partial charge in [-0.1, -0.05) is 13.3 Å². The van der Waals surface area contributed by atoms with E-state index in [2.05, 4.69) is 51.1 Å². The first kappa shape index (κ1) is 21.4. The monoisotopic (exact) mass is 401 g/mol. The van der Waals surface area contributed by atoms with Gasteiger partial charge in [0.1, 0.15) is 24.5 Å². The molecule has 0 spiro atoms. The van der Waals surface area contributed by atoms with Crippen molar-refractivity contribution in [3.8, 4) is 0 Å². The van der Waals surface area contributed by atoms with Gasteiger partial charge >= 0.3 is 0 Å². The summed E-state index contributed by atoms with van der Waals surface area (Å²) in [7, 11) is 0. The van der Waals surface area contributed by atoms with E-state index in [4.69, 9.17) is 9.41 Å². The number of hydrogen-bond donors (Lipinski definition) is 2. The van der Waals surface area contributed by atoms with Gasteiger partial charge in [0.05, 0.1) is 6.26 Å². The number of hydrogen-bond acceptors (Lipinski definition) is 5. The second-order valence-electron chi connectivity index (χ2n) is 8.18. The first-order chi connectivity index (χ1) is 14.1. The molecule has 29 heavy (non-hydrogen) atoms. The van der Waals surface area contributed by atoms with E-state index < -0.39 is 0 Å². The fourth-order valence-corrected chi connectivity index (χ4v) is 3.68. The van der Waals surface area contributed by atoms with Gasteiger partial charge in [-0.3, -0.25) is 4.90 Å². The van der Waals surface area contributed by atoms with Gasteiger partial charge in [-0.05, 0) is 51.9 Å². The zero-order valence-electron chi connectivity index (χ0n) is 18.0. The highest BCUT2D eigenvalue weighted by atomic mass is 16.3. The Kier molecular flexibility index (Phi) is 7.69. The molecule has 3 rings (SSSR count). The van der Waals surface area contributed by atoms with E-state index in [0.717, 1.165) is 43.6 Å². The third kappa shape index (κ3) is 6.32. The third-order valence-corrected chi connectivity index (χ3v) is 5.53. The molecule has 1 aliphatic rings. The van der Waals surface area contributed by atoms with Crippen molar-refractivity contribution in [3.05, 3.63) is 36.3 Å². The van der Waals surface area contributed by atoms with Crippen LogP contribution >= 0.6 is 0 Å². The Morgan fingerprint density at radius 2 is 2.07 bits per heavy atom. The number of aromatic nitrogens is 3. The number of rotatable bonds is 9. The molecule has 8 nitrogen and oxygen atoms in total. The van der Waals surface area contributed by atoms with Gasteiger partial charge < -0.3 is 19.6 Å². The van der Waals surface area contributed by atoms with Crippen LogP contribution in [0.25, 0.3) is 0 Å². The standard InChI is InChI=1S/C21H35N7O/c1-4-19-26-25-17-27(19)13-10-22-20(23-15-18-9-8-14-29-18)24-16-21(2,3)28-11-6-5-7-12-28/h8-9,14,17H,4-7,10-13,15-16H2,1-3H3,(H2,22,23,24). The highest BCUT2D eigenvalue weighted by Gasteiger charge is 2.27. The number of nitrogens with one attached hydrogen (secondary N) is 2. The number of aryl methyl sites for hydroxylation is 1. The predicted molar refractivity (Wildman–Crippen MR) is 115 cm³/mol. The van der Waals surface area contributed by atoms with Crippen LogP contribution in [0.4, 0.5) is 0 Å². The first-order valence-corrected chi connectivity index (χ1v) is 10.7. The van der Waals surface area contributed by atoms with Crippen LogP contribution in [-0.4, -0.2) is 57.3 Å². The van der Waals surface area contributed by atoms with Gasteiger partial charge in [0, 0.05) is 31.6 Å². The molecule has 0 aliphatic carbocycles. The Hall–Kier alpha value is -2.35. The molecule has 1 saturated heterocycles. The molecule has 160 valence electrons. The maximum atomic E-state index is 5.43. The molecular weight excluding hydrogens is 366 g/mol. The minimum absolute atomic E-state index is 0.0806. The molecule has 8 heteroatoms. The van der Waals surface area contributed by atoms with Crippen LogP contribution in [0.15, 0.2) is 34.1 Å². The van der Waals surface area contributed by atoms with E-state index >= 15 is 0 Å². The summed E-state index contributed by atoms with van der Waals surface area (Å²) in [6, 6.07) is 3.84. The maximum Gasteiger partial charge on any atom is 0.191 e. The van der Waals surface area contributed by atoms with Crippen LogP contribution in [0.1, 0.15) is 51.6 Å². The molecule has 3 heterocycles. The minimum Gasteiger partial charge on any atom is -0.467 e. The van der Waals surface area contributed by atoms with Crippen LogP contribution in [-0.2, 0) is 19.5 Å². The summed E-state index contributed by atoms with van der Waals surface area (Å²) in [4.78, 5) is 7.30. The van der Waals surface area contributed by atoms with E-state index in [9.17, 15) is 0 Å². The Bertz CT molecular complexity index is 745. The number of piperidine rings is 1.